The van der Waals surface area contributed by atoms with Gasteiger partial charge in [-0.25, -0.2) is 9.67 Å². The third-order valence-corrected chi connectivity index (χ3v) is 4.02. The highest BCUT2D eigenvalue weighted by atomic mass is 35.5. The molecule has 0 radical (unpaired) electrons. The Morgan fingerprint density at radius 2 is 1.75 bits per heavy atom. The third-order valence-electron chi connectivity index (χ3n) is 3.29. The summed E-state index contributed by atoms with van der Waals surface area (Å²) in [6, 6.07) is 7.52. The van der Waals surface area contributed by atoms with Crippen molar-refractivity contribution in [2.45, 2.75) is 20.8 Å². The Kier molecular flexibility index (Phi) is 3.19. The topological polar surface area (TPSA) is 30.7 Å². The molecule has 20 heavy (non-hydrogen) atoms. The molecular weight excluding hydrogens is 293 g/mol. The largest absolute Gasteiger partial charge is 0.233 e. The van der Waals surface area contributed by atoms with Crippen LogP contribution in [0.1, 0.15) is 17.0 Å². The Labute approximate surface area is 127 Å². The summed E-state index contributed by atoms with van der Waals surface area (Å²) in [5, 5.41) is 6.71. The number of pyridine rings is 1. The van der Waals surface area contributed by atoms with Gasteiger partial charge in [0.05, 0.1) is 21.4 Å². The zero-order valence-corrected chi connectivity index (χ0v) is 12.9. The lowest BCUT2D eigenvalue weighted by Gasteiger charge is -2.05. The Morgan fingerprint density at radius 3 is 2.45 bits per heavy atom. The van der Waals surface area contributed by atoms with Crippen molar-refractivity contribution in [1.82, 2.24) is 14.8 Å². The minimum absolute atomic E-state index is 0.509. The first-order valence-electron chi connectivity index (χ1n) is 6.26. The van der Waals surface area contributed by atoms with Gasteiger partial charge in [-0.05, 0) is 50.6 Å². The number of rotatable bonds is 1. The van der Waals surface area contributed by atoms with E-state index in [2.05, 4.69) is 23.1 Å². The number of hydrogen-bond donors (Lipinski definition) is 0. The van der Waals surface area contributed by atoms with E-state index in [1.165, 1.54) is 5.56 Å². The van der Waals surface area contributed by atoms with Crippen LogP contribution in [0.25, 0.3) is 16.7 Å². The SMILES string of the molecule is Cc1cc(C)c2c(C)nn(-c3ccc(Cl)c(Cl)c3)c2n1. The van der Waals surface area contributed by atoms with Crippen molar-refractivity contribution in [2.24, 2.45) is 0 Å². The van der Waals surface area contributed by atoms with Gasteiger partial charge in [0.2, 0.25) is 0 Å². The molecule has 1 aromatic carbocycles. The lowest BCUT2D eigenvalue weighted by molar-refractivity contribution is 0.875. The summed E-state index contributed by atoms with van der Waals surface area (Å²) >= 11 is 12.1. The smallest absolute Gasteiger partial charge is 0.163 e. The Balaban J connectivity index is 2.34. The van der Waals surface area contributed by atoms with Crippen LogP contribution >= 0.6 is 23.2 Å². The van der Waals surface area contributed by atoms with Crippen LogP contribution in [-0.4, -0.2) is 14.8 Å². The van der Waals surface area contributed by atoms with E-state index in [0.29, 0.717) is 10.0 Å². The molecule has 3 nitrogen and oxygen atoms in total. The van der Waals surface area contributed by atoms with Gasteiger partial charge in [-0.15, -0.1) is 0 Å². The third kappa shape index (κ3) is 2.07. The zero-order chi connectivity index (χ0) is 14.4. The van der Waals surface area contributed by atoms with E-state index in [4.69, 9.17) is 23.2 Å². The molecule has 0 amide bonds. The van der Waals surface area contributed by atoms with Crippen molar-refractivity contribution >= 4 is 34.2 Å². The highest BCUT2D eigenvalue weighted by Crippen LogP contribution is 2.28. The van der Waals surface area contributed by atoms with Crippen molar-refractivity contribution in [3.8, 4) is 5.69 Å². The van der Waals surface area contributed by atoms with Crippen molar-refractivity contribution in [3.63, 3.8) is 0 Å². The Morgan fingerprint density at radius 1 is 1.00 bits per heavy atom. The van der Waals surface area contributed by atoms with E-state index in [0.717, 1.165) is 28.1 Å². The zero-order valence-electron chi connectivity index (χ0n) is 11.4. The van der Waals surface area contributed by atoms with Crippen molar-refractivity contribution in [1.29, 1.82) is 0 Å². The molecule has 0 aliphatic heterocycles. The molecular formula is C15H13Cl2N3. The summed E-state index contributed by atoms with van der Waals surface area (Å²) in [5.41, 5.74) is 4.80. The summed E-state index contributed by atoms with van der Waals surface area (Å²) in [4.78, 5) is 4.61. The number of hydrogen-bond acceptors (Lipinski definition) is 2. The number of aryl methyl sites for hydroxylation is 3. The van der Waals surface area contributed by atoms with Gasteiger partial charge >= 0.3 is 0 Å². The summed E-state index contributed by atoms with van der Waals surface area (Å²) in [6.45, 7) is 6.04. The maximum Gasteiger partial charge on any atom is 0.163 e. The van der Waals surface area contributed by atoms with Crippen LogP contribution in [0.5, 0.6) is 0 Å². The molecule has 0 bridgehead atoms. The van der Waals surface area contributed by atoms with Gasteiger partial charge < -0.3 is 0 Å². The lowest BCUT2D eigenvalue weighted by Crippen LogP contribution is -1.99. The molecule has 0 fully saturated rings. The second-order valence-corrected chi connectivity index (χ2v) is 5.69. The summed E-state index contributed by atoms with van der Waals surface area (Å²) < 4.78 is 1.81. The van der Waals surface area contributed by atoms with Crippen LogP contribution in [0.4, 0.5) is 0 Å². The van der Waals surface area contributed by atoms with Crippen molar-refractivity contribution < 1.29 is 0 Å². The number of benzene rings is 1. The van der Waals surface area contributed by atoms with Gasteiger partial charge in [-0.2, -0.15) is 5.10 Å². The van der Waals surface area contributed by atoms with Crippen LogP contribution in [-0.2, 0) is 0 Å². The van der Waals surface area contributed by atoms with Crippen molar-refractivity contribution in [2.75, 3.05) is 0 Å². The Bertz CT molecular complexity index is 822. The fourth-order valence-corrected chi connectivity index (χ4v) is 2.75. The number of halogens is 2. The minimum Gasteiger partial charge on any atom is -0.233 e. The molecule has 0 atom stereocenters. The minimum atomic E-state index is 0.509. The van der Waals surface area contributed by atoms with Gasteiger partial charge in [-0.3, -0.25) is 0 Å². The van der Waals surface area contributed by atoms with E-state index in [1.807, 2.05) is 24.6 Å². The predicted molar refractivity (Wildman–Crippen MR) is 83.1 cm³/mol. The molecule has 0 aliphatic carbocycles. The summed E-state index contributed by atoms with van der Waals surface area (Å²) in [6.07, 6.45) is 0. The molecule has 102 valence electrons. The lowest BCUT2D eigenvalue weighted by atomic mass is 10.1. The maximum atomic E-state index is 6.09. The summed E-state index contributed by atoms with van der Waals surface area (Å²) in [5.74, 6) is 0. The number of nitrogens with zero attached hydrogens (tertiary/aromatic N) is 3. The Hall–Kier alpha value is -1.58. The van der Waals surface area contributed by atoms with Crippen molar-refractivity contribution in [3.05, 3.63) is 51.3 Å². The molecule has 0 unspecified atom stereocenters. The summed E-state index contributed by atoms with van der Waals surface area (Å²) in [7, 11) is 0. The molecule has 2 heterocycles. The monoisotopic (exact) mass is 305 g/mol. The standard InChI is InChI=1S/C15H13Cl2N3/c1-8-6-9(2)18-15-14(8)10(3)19-20(15)11-4-5-12(16)13(17)7-11/h4-7H,1-3H3. The average Bonchev–Trinajstić information content (AvgIpc) is 2.70. The highest BCUT2D eigenvalue weighted by Gasteiger charge is 2.13. The van der Waals surface area contributed by atoms with Crippen LogP contribution in [0.15, 0.2) is 24.3 Å². The van der Waals surface area contributed by atoms with E-state index in [-0.39, 0.29) is 0 Å². The van der Waals surface area contributed by atoms with Gasteiger partial charge in [-0.1, -0.05) is 23.2 Å². The molecule has 0 N–H and O–H groups in total. The van der Waals surface area contributed by atoms with Gasteiger partial charge in [0.1, 0.15) is 0 Å². The van der Waals surface area contributed by atoms with E-state index in [1.54, 1.807) is 12.1 Å². The van der Waals surface area contributed by atoms with Crippen LogP contribution in [0.2, 0.25) is 10.0 Å². The first-order chi connectivity index (χ1) is 9.47. The predicted octanol–water partition coefficient (Wildman–Crippen LogP) is 4.65. The van der Waals surface area contributed by atoms with E-state index < -0.39 is 0 Å². The molecule has 2 aromatic heterocycles. The fourth-order valence-electron chi connectivity index (χ4n) is 2.46. The highest BCUT2D eigenvalue weighted by molar-refractivity contribution is 6.42. The van der Waals surface area contributed by atoms with Gasteiger partial charge in [0.15, 0.2) is 5.65 Å². The van der Waals surface area contributed by atoms with Crippen LogP contribution in [0.3, 0.4) is 0 Å². The first kappa shape index (κ1) is 13.4. The second-order valence-electron chi connectivity index (χ2n) is 4.87. The molecule has 0 spiro atoms. The van der Waals surface area contributed by atoms with Crippen LogP contribution < -0.4 is 0 Å². The molecule has 0 saturated carbocycles. The normalized spacial score (nSPS) is 11.2. The number of fused-ring (bicyclic) bond motifs is 1. The number of aromatic nitrogens is 3. The molecule has 3 aromatic rings. The molecule has 5 heteroatoms. The van der Waals surface area contributed by atoms with Crippen LogP contribution in [0, 0.1) is 20.8 Å². The van der Waals surface area contributed by atoms with Gasteiger partial charge in [0.25, 0.3) is 0 Å². The van der Waals surface area contributed by atoms with E-state index in [9.17, 15) is 0 Å². The maximum absolute atomic E-state index is 6.09. The first-order valence-corrected chi connectivity index (χ1v) is 7.02. The second kappa shape index (κ2) is 4.76. The quantitative estimate of drug-likeness (QED) is 0.655. The fraction of sp³-hybridized carbons (Fsp3) is 0.200. The molecule has 0 saturated heterocycles. The average molecular weight is 306 g/mol. The van der Waals surface area contributed by atoms with Gasteiger partial charge in [0, 0.05) is 11.1 Å². The molecule has 3 rings (SSSR count). The van der Waals surface area contributed by atoms with E-state index >= 15 is 0 Å². The molecule has 0 aliphatic rings.